The summed E-state index contributed by atoms with van der Waals surface area (Å²) in [6.07, 6.45) is 2.14. The van der Waals surface area contributed by atoms with Crippen molar-refractivity contribution in [3.63, 3.8) is 0 Å². The molecule has 0 radical (unpaired) electrons. The lowest BCUT2D eigenvalue weighted by molar-refractivity contribution is -0.158. The van der Waals surface area contributed by atoms with Crippen LogP contribution in [0.5, 0.6) is 0 Å². The normalized spacial score (nSPS) is 20.5. The van der Waals surface area contributed by atoms with Crippen LogP contribution >= 0.6 is 0 Å². The van der Waals surface area contributed by atoms with E-state index in [1.807, 2.05) is 115 Å². The number of ketones is 1. The Morgan fingerprint density at radius 2 is 1.40 bits per heavy atom. The average molecular weight is 556 g/mol. The number of esters is 1. The van der Waals surface area contributed by atoms with E-state index in [-0.39, 0.29) is 11.7 Å². The first-order valence-corrected chi connectivity index (χ1v) is 14.3. The molecule has 0 bridgehead atoms. The van der Waals surface area contributed by atoms with Crippen LogP contribution in [0.2, 0.25) is 0 Å². The van der Waals surface area contributed by atoms with Crippen molar-refractivity contribution >= 4 is 28.9 Å². The van der Waals surface area contributed by atoms with Crippen LogP contribution in [0.1, 0.15) is 54.5 Å². The lowest BCUT2D eigenvalue weighted by atomic mass is 9.73. The Hall–Kier alpha value is -4.77. The highest BCUT2D eigenvalue weighted by Crippen LogP contribution is 2.50. The second-order valence-corrected chi connectivity index (χ2v) is 12.0. The van der Waals surface area contributed by atoms with Crippen molar-refractivity contribution < 1.29 is 19.1 Å². The molecule has 0 spiro atoms. The summed E-state index contributed by atoms with van der Waals surface area (Å²) < 4.78 is 5.77. The molecule has 1 aliphatic carbocycles. The predicted octanol–water partition coefficient (Wildman–Crippen LogP) is 6.81. The highest BCUT2D eigenvalue weighted by Gasteiger charge is 2.55. The molecule has 0 fully saturated rings. The Morgan fingerprint density at radius 1 is 0.810 bits per heavy atom. The number of benzene rings is 4. The minimum atomic E-state index is -1.25. The van der Waals surface area contributed by atoms with E-state index in [4.69, 9.17) is 4.74 Å². The van der Waals surface area contributed by atoms with Gasteiger partial charge in [0.25, 0.3) is 5.91 Å². The van der Waals surface area contributed by atoms with Crippen LogP contribution in [0, 0.1) is 0 Å². The van der Waals surface area contributed by atoms with Crippen LogP contribution in [0.15, 0.2) is 115 Å². The molecule has 0 aromatic heterocycles. The molecule has 6 rings (SSSR count). The Balaban J connectivity index is 1.53. The highest BCUT2D eigenvalue weighted by molar-refractivity contribution is 6.33. The first-order chi connectivity index (χ1) is 20.2. The zero-order valence-electron chi connectivity index (χ0n) is 24.0. The summed E-state index contributed by atoms with van der Waals surface area (Å²) in [5, 5.41) is 0. The molecule has 1 heterocycles. The molecule has 1 aliphatic heterocycles. The number of anilines is 1. The molecule has 0 saturated heterocycles. The van der Waals surface area contributed by atoms with Crippen molar-refractivity contribution in [2.24, 2.45) is 0 Å². The number of fused-ring (bicyclic) bond motifs is 2. The maximum absolute atomic E-state index is 14.7. The van der Waals surface area contributed by atoms with Crippen molar-refractivity contribution in [1.29, 1.82) is 0 Å². The van der Waals surface area contributed by atoms with Gasteiger partial charge in [0, 0.05) is 11.1 Å². The van der Waals surface area contributed by atoms with Crippen LogP contribution in [0.25, 0.3) is 5.57 Å². The number of carbonyl (C=O) groups is 3. The van der Waals surface area contributed by atoms with Crippen LogP contribution < -0.4 is 4.90 Å². The monoisotopic (exact) mass is 555 g/mol. The molecule has 42 heavy (non-hydrogen) atoms. The molecule has 5 heteroatoms. The van der Waals surface area contributed by atoms with E-state index in [0.29, 0.717) is 24.1 Å². The quantitative estimate of drug-likeness (QED) is 0.149. The third kappa shape index (κ3) is 4.85. The molecule has 210 valence electrons. The summed E-state index contributed by atoms with van der Waals surface area (Å²) in [6.45, 7) is 5.80. The summed E-state index contributed by atoms with van der Waals surface area (Å²) in [6, 6.07) is 34.8. The number of para-hydroxylation sites is 1. The minimum absolute atomic E-state index is 0.168. The van der Waals surface area contributed by atoms with Gasteiger partial charge in [-0.25, -0.2) is 0 Å². The predicted molar refractivity (Wildman–Crippen MR) is 164 cm³/mol. The van der Waals surface area contributed by atoms with E-state index < -0.39 is 22.9 Å². The third-order valence-corrected chi connectivity index (χ3v) is 7.96. The van der Waals surface area contributed by atoms with Crippen molar-refractivity contribution in [2.75, 3.05) is 4.90 Å². The van der Waals surface area contributed by atoms with E-state index in [1.165, 1.54) is 0 Å². The number of hydrogen-bond donors (Lipinski definition) is 0. The molecule has 0 N–H and O–H groups in total. The number of allylic oxidation sites excluding steroid dienone is 1. The van der Waals surface area contributed by atoms with Gasteiger partial charge in [-0.2, -0.15) is 0 Å². The van der Waals surface area contributed by atoms with E-state index in [9.17, 15) is 14.4 Å². The number of carbonyl (C=O) groups excluding carboxylic acids is 3. The fraction of sp³-hybridized carbons (Fsp3) is 0.216. The molecule has 2 unspecified atom stereocenters. The number of nitrogens with zero attached hydrogens (tertiary/aromatic N) is 1. The van der Waals surface area contributed by atoms with E-state index in [1.54, 1.807) is 25.7 Å². The highest BCUT2D eigenvalue weighted by atomic mass is 16.6. The van der Waals surface area contributed by atoms with E-state index >= 15 is 0 Å². The number of amides is 1. The van der Waals surface area contributed by atoms with Crippen molar-refractivity contribution in [3.8, 4) is 0 Å². The van der Waals surface area contributed by atoms with Gasteiger partial charge < -0.3 is 9.64 Å². The summed E-state index contributed by atoms with van der Waals surface area (Å²) >= 11 is 0. The summed E-state index contributed by atoms with van der Waals surface area (Å²) in [4.78, 5) is 44.3. The van der Waals surface area contributed by atoms with Gasteiger partial charge in [-0.05, 0) is 55.5 Å². The molecule has 4 aromatic carbocycles. The second kappa shape index (κ2) is 10.6. The first-order valence-electron chi connectivity index (χ1n) is 14.3. The summed E-state index contributed by atoms with van der Waals surface area (Å²) in [5.74, 6) is -2.11. The minimum Gasteiger partial charge on any atom is -0.459 e. The zero-order chi connectivity index (χ0) is 29.5. The van der Waals surface area contributed by atoms with E-state index in [0.717, 1.165) is 27.9 Å². The van der Waals surface area contributed by atoms with Gasteiger partial charge in [0.2, 0.25) is 0 Å². The summed E-state index contributed by atoms with van der Waals surface area (Å²) in [5.41, 5.74) is 3.33. The van der Waals surface area contributed by atoms with Crippen LogP contribution in [-0.4, -0.2) is 23.3 Å². The topological polar surface area (TPSA) is 63.7 Å². The fourth-order valence-electron chi connectivity index (χ4n) is 6.20. The molecule has 0 saturated carbocycles. The van der Waals surface area contributed by atoms with Crippen molar-refractivity contribution in [1.82, 2.24) is 0 Å². The van der Waals surface area contributed by atoms with Gasteiger partial charge in [-0.3, -0.25) is 14.4 Å². The SMILES string of the molecule is CC(C)(C)OC(=O)C1C(=O)C(/C=C2/C(=O)N(Cc3ccccc3)c3ccccc32)(Cc2ccccc2)c2ccccc21. The number of Topliss-reactive ketones (excluding diaryl/α,β-unsaturated/α-hetero) is 1. The molecule has 1 amide bonds. The van der Waals surface area contributed by atoms with Crippen LogP contribution in [0.4, 0.5) is 5.69 Å². The maximum atomic E-state index is 14.7. The summed E-state index contributed by atoms with van der Waals surface area (Å²) in [7, 11) is 0. The largest absolute Gasteiger partial charge is 0.459 e. The van der Waals surface area contributed by atoms with Crippen LogP contribution in [-0.2, 0) is 37.5 Å². The number of rotatable bonds is 6. The first kappa shape index (κ1) is 27.4. The second-order valence-electron chi connectivity index (χ2n) is 12.0. The van der Waals surface area contributed by atoms with Gasteiger partial charge in [0.1, 0.15) is 11.5 Å². The number of hydrogen-bond acceptors (Lipinski definition) is 4. The van der Waals surface area contributed by atoms with Crippen molar-refractivity contribution in [2.45, 2.75) is 50.7 Å². The van der Waals surface area contributed by atoms with Crippen molar-refractivity contribution in [3.05, 3.63) is 143 Å². The zero-order valence-corrected chi connectivity index (χ0v) is 24.0. The van der Waals surface area contributed by atoms with E-state index in [2.05, 4.69) is 0 Å². The number of ether oxygens (including phenoxy) is 1. The molecule has 5 nitrogen and oxygen atoms in total. The Bertz CT molecular complexity index is 1700. The van der Waals surface area contributed by atoms with Gasteiger partial charge in [0.15, 0.2) is 5.78 Å². The molecular formula is C37H33NO4. The fourth-order valence-corrected chi connectivity index (χ4v) is 6.20. The van der Waals surface area contributed by atoms with Gasteiger partial charge in [0.05, 0.1) is 17.6 Å². The smallest absolute Gasteiger partial charge is 0.321 e. The maximum Gasteiger partial charge on any atom is 0.321 e. The van der Waals surface area contributed by atoms with Gasteiger partial charge in [-0.15, -0.1) is 0 Å². The lowest BCUT2D eigenvalue weighted by Crippen LogP contribution is -2.38. The third-order valence-electron chi connectivity index (χ3n) is 7.96. The van der Waals surface area contributed by atoms with Gasteiger partial charge in [-0.1, -0.05) is 109 Å². The molecular weight excluding hydrogens is 522 g/mol. The molecule has 2 aliphatic rings. The Labute approximate surface area is 246 Å². The standard InChI is InChI=1S/C37H33NO4/c1-36(2,3)42-35(41)32-28-19-10-12-20-30(28)37(33(32)39,22-25-14-6-4-7-15-25)23-29-27-18-11-13-21-31(27)38(34(29)40)24-26-16-8-5-9-17-26/h4-21,23,32H,22,24H2,1-3H3/b29-23+. The average Bonchev–Trinajstić information content (AvgIpc) is 3.37. The van der Waals surface area contributed by atoms with Gasteiger partial charge >= 0.3 is 5.97 Å². The molecule has 4 aromatic rings. The molecule has 2 atom stereocenters. The lowest BCUT2D eigenvalue weighted by Gasteiger charge is -2.28. The Kier molecular flexibility index (Phi) is 6.90. The van der Waals surface area contributed by atoms with Crippen LogP contribution in [0.3, 0.4) is 0 Å². The Morgan fingerprint density at radius 3 is 2.10 bits per heavy atom.